The number of hydrogen-bond acceptors (Lipinski definition) is 14. The molecule has 1 aliphatic carbocycles. The van der Waals surface area contributed by atoms with E-state index in [-0.39, 0.29) is 60.9 Å². The zero-order valence-electron chi connectivity index (χ0n) is 40.1. The van der Waals surface area contributed by atoms with Gasteiger partial charge in [0.25, 0.3) is 11.7 Å². The Labute approximate surface area is 396 Å². The number of ether oxygens (including phenoxy) is 7. The van der Waals surface area contributed by atoms with Crippen molar-refractivity contribution >= 4 is 40.9 Å². The number of ketones is 2. The molecule has 0 aromatic heterocycles. The molecule has 0 spiro atoms. The van der Waals surface area contributed by atoms with Crippen LogP contribution in [-0.2, 0) is 47.6 Å². The molecule has 4 aliphatic rings. The third-order valence-corrected chi connectivity index (χ3v) is 14.2. The largest absolute Gasteiger partial charge is 0.456 e. The van der Waals surface area contributed by atoms with Crippen molar-refractivity contribution in [2.45, 2.75) is 160 Å². The number of cyclic esters (lactones) is 1. The van der Waals surface area contributed by atoms with Crippen molar-refractivity contribution in [2.75, 3.05) is 27.9 Å². The molecular formula is C51H73NO13S. The van der Waals surface area contributed by atoms with Gasteiger partial charge in [0.2, 0.25) is 5.79 Å². The predicted molar refractivity (Wildman–Crippen MR) is 251 cm³/mol. The normalized spacial score (nSPS) is 36.8. The van der Waals surface area contributed by atoms with E-state index in [1.807, 2.05) is 51.1 Å². The van der Waals surface area contributed by atoms with E-state index >= 15 is 0 Å². The third-order valence-electron chi connectivity index (χ3n) is 14.0. The van der Waals surface area contributed by atoms with Crippen LogP contribution in [0.1, 0.15) is 105 Å². The summed E-state index contributed by atoms with van der Waals surface area (Å²) in [6, 6.07) is 7.96. The number of rotatable bonds is 9. The molecule has 0 unspecified atom stereocenters. The Bertz CT molecular complexity index is 1910. The van der Waals surface area contributed by atoms with Gasteiger partial charge < -0.3 is 48.3 Å². The van der Waals surface area contributed by atoms with Gasteiger partial charge in [0.1, 0.15) is 35.9 Å². The van der Waals surface area contributed by atoms with E-state index in [4.69, 9.17) is 45.4 Å². The maximum absolute atomic E-state index is 14.5. The van der Waals surface area contributed by atoms with E-state index in [1.165, 1.54) is 19.1 Å². The van der Waals surface area contributed by atoms with Crippen LogP contribution < -0.4 is 4.74 Å². The number of nitrogens with zero attached hydrogens (tertiary/aromatic N) is 1. The lowest BCUT2D eigenvalue weighted by Crippen LogP contribution is -2.64. The minimum atomic E-state index is -2.53. The Morgan fingerprint density at radius 2 is 1.61 bits per heavy atom. The number of carbonyl (C=O) groups is 4. The maximum Gasteiger partial charge on any atom is 0.358 e. The average Bonchev–Trinajstić information content (AvgIpc) is 3.30. The molecule has 14 atom stereocenters. The van der Waals surface area contributed by atoms with E-state index < -0.39 is 77.8 Å². The number of piperidine rings is 1. The number of methoxy groups -OCH3 is 3. The van der Waals surface area contributed by atoms with Gasteiger partial charge in [-0.25, -0.2) is 4.79 Å². The highest BCUT2D eigenvalue weighted by atomic mass is 32.1. The molecule has 1 aromatic rings. The molecule has 14 nitrogen and oxygen atoms in total. The first-order valence-corrected chi connectivity index (χ1v) is 24.0. The maximum atomic E-state index is 14.5. The number of amides is 1. The van der Waals surface area contributed by atoms with Crippen LogP contribution in [0.4, 0.5) is 0 Å². The van der Waals surface area contributed by atoms with Gasteiger partial charge in [-0.05, 0) is 108 Å². The Hall–Kier alpha value is -3.83. The van der Waals surface area contributed by atoms with Gasteiger partial charge >= 0.3 is 11.2 Å². The van der Waals surface area contributed by atoms with Crippen molar-refractivity contribution < 1.29 is 62.5 Å². The van der Waals surface area contributed by atoms with Crippen molar-refractivity contribution in [1.82, 2.24) is 4.90 Å². The summed E-state index contributed by atoms with van der Waals surface area (Å²) in [6.45, 7) is 13.2. The summed E-state index contributed by atoms with van der Waals surface area (Å²) < 4.78 is 42.1. The molecule has 2 N–H and O–H groups in total. The summed E-state index contributed by atoms with van der Waals surface area (Å²) in [5.41, 5.74) is 1.59. The zero-order valence-corrected chi connectivity index (χ0v) is 40.9. The SMILES string of the molecule is C=CC[C@@H]1/C=C(\C)C[C@H](C)C[C@H](OC)[C@H]2O[C@@](O)(C(=O)C(=O)N3CCCC[C@H]3C(=O)O[C@H](/C(C)=C/[C@@H]3CC[C@@H](OC(=S)Oc4ccccc4)[C@H](OC)C3)[C@H](C)[C@@H](O)CC1=O)[C@H](C)C[C@@H]2OC. The lowest BCUT2D eigenvalue weighted by molar-refractivity contribution is -0.302. The molecule has 2 bridgehead atoms. The number of thiocarbonyl (C=S) groups is 1. The smallest absolute Gasteiger partial charge is 0.358 e. The summed E-state index contributed by atoms with van der Waals surface area (Å²) in [4.78, 5) is 58.5. The van der Waals surface area contributed by atoms with E-state index in [0.717, 1.165) is 5.57 Å². The molecule has 3 fully saturated rings. The first-order chi connectivity index (χ1) is 31.4. The molecule has 3 heterocycles. The van der Waals surface area contributed by atoms with Gasteiger partial charge in [-0.15, -0.1) is 6.58 Å². The number of para-hydroxylation sites is 1. The van der Waals surface area contributed by atoms with Crippen molar-refractivity contribution in [1.29, 1.82) is 0 Å². The van der Waals surface area contributed by atoms with Gasteiger partial charge in [0, 0.05) is 64.3 Å². The van der Waals surface area contributed by atoms with E-state index in [1.54, 1.807) is 39.2 Å². The minimum Gasteiger partial charge on any atom is -0.456 e. The quantitative estimate of drug-likeness (QED) is 0.112. The number of esters is 1. The molecule has 1 aromatic carbocycles. The second-order valence-electron chi connectivity index (χ2n) is 19.0. The first kappa shape index (κ1) is 53.1. The number of allylic oxidation sites excluding steroid dienone is 4. The van der Waals surface area contributed by atoms with E-state index in [9.17, 15) is 29.4 Å². The Kier molecular flexibility index (Phi) is 19.7. The summed E-state index contributed by atoms with van der Waals surface area (Å²) in [6.07, 6.45) is 5.06. The Morgan fingerprint density at radius 1 is 0.924 bits per heavy atom. The minimum absolute atomic E-state index is 0.00283. The number of aliphatic hydroxyl groups excluding tert-OH is 1. The number of fused-ring (bicyclic) bond motifs is 3. The van der Waals surface area contributed by atoms with Crippen LogP contribution in [0, 0.1) is 29.6 Å². The van der Waals surface area contributed by atoms with Crippen molar-refractivity contribution in [3.05, 3.63) is 66.3 Å². The average molecular weight is 940 g/mol. The molecule has 1 amide bonds. The Balaban J connectivity index is 1.47. The van der Waals surface area contributed by atoms with Crippen LogP contribution in [-0.4, -0.2) is 126 Å². The summed E-state index contributed by atoms with van der Waals surface area (Å²) in [5, 5.41) is 24.0. The van der Waals surface area contributed by atoms with E-state index in [2.05, 4.69) is 6.58 Å². The lowest BCUT2D eigenvalue weighted by Gasteiger charge is -2.47. The van der Waals surface area contributed by atoms with Crippen molar-refractivity contribution in [2.24, 2.45) is 29.6 Å². The van der Waals surface area contributed by atoms with Gasteiger partial charge in [0.15, 0.2) is 0 Å². The number of carbonyl (C=O) groups excluding carboxylic acids is 4. The highest BCUT2D eigenvalue weighted by Crippen LogP contribution is 2.39. The summed E-state index contributed by atoms with van der Waals surface area (Å²) in [7, 11) is 4.66. The van der Waals surface area contributed by atoms with Crippen molar-refractivity contribution in [3.8, 4) is 5.75 Å². The number of hydrogen-bond donors (Lipinski definition) is 2. The zero-order chi connectivity index (χ0) is 48.3. The molecule has 1 saturated carbocycles. The summed E-state index contributed by atoms with van der Waals surface area (Å²) >= 11 is 5.42. The fourth-order valence-corrected chi connectivity index (χ4v) is 10.5. The number of Topliss-reactive ketones (excluding diaryl/α,β-unsaturated/α-hetero) is 2. The molecule has 2 saturated heterocycles. The number of aliphatic hydroxyl groups is 2. The molecule has 366 valence electrons. The van der Waals surface area contributed by atoms with Crippen LogP contribution in [0.3, 0.4) is 0 Å². The standard InChI is InChI=1S/C51H73NO13S/c1-10-16-36-24-30(2)23-31(3)25-43(60-8)46-44(61-9)27-33(5)51(58,65-46)47(55)48(56)52-22-15-14-19-38(52)49(57)64-45(34(6)39(53)29-40(36)54)32(4)26-35-20-21-41(42(28-35)59-7)63-50(66)62-37-17-12-11-13-18-37/h10-13,17-18,24,26,31,33-36,38-39,41-46,53,58H,1,14-16,19-23,25,27-29H2,2-9H3/b30-24+,32-26+/t31-,33+,34+,35-,36+,38-,39-,41+,42+,43-,44-,45+,46+,51+/m0/s1. The van der Waals surface area contributed by atoms with Gasteiger partial charge in [-0.3, -0.25) is 14.4 Å². The van der Waals surface area contributed by atoms with Crippen LogP contribution in [0.5, 0.6) is 5.75 Å². The fourth-order valence-electron chi connectivity index (χ4n) is 10.3. The topological polar surface area (TPSA) is 177 Å². The fraction of sp³-hybridized carbons (Fsp3) is 0.667. The first-order valence-electron chi connectivity index (χ1n) is 23.6. The molecule has 5 rings (SSSR count). The van der Waals surface area contributed by atoms with Gasteiger partial charge in [-0.1, -0.05) is 62.8 Å². The molecule has 3 aliphatic heterocycles. The molecule has 15 heteroatoms. The summed E-state index contributed by atoms with van der Waals surface area (Å²) in [5.74, 6) is -7.36. The van der Waals surface area contributed by atoms with Gasteiger partial charge in [-0.2, -0.15) is 0 Å². The van der Waals surface area contributed by atoms with Crippen LogP contribution in [0.25, 0.3) is 0 Å². The second-order valence-corrected chi connectivity index (χ2v) is 19.4. The number of benzene rings is 1. The van der Waals surface area contributed by atoms with Crippen LogP contribution in [0.2, 0.25) is 0 Å². The second kappa shape index (κ2) is 24.5. The van der Waals surface area contributed by atoms with E-state index in [0.29, 0.717) is 62.7 Å². The van der Waals surface area contributed by atoms with Gasteiger partial charge in [0.05, 0.1) is 24.4 Å². The molecule has 0 radical (unpaired) electrons. The molecular weight excluding hydrogens is 867 g/mol. The van der Waals surface area contributed by atoms with Crippen molar-refractivity contribution in [3.63, 3.8) is 0 Å². The predicted octanol–water partition coefficient (Wildman–Crippen LogP) is 7.03. The Morgan fingerprint density at radius 3 is 2.27 bits per heavy atom. The monoisotopic (exact) mass is 939 g/mol. The lowest BCUT2D eigenvalue weighted by atomic mass is 9.81. The third kappa shape index (κ3) is 13.2. The molecule has 66 heavy (non-hydrogen) atoms. The highest BCUT2D eigenvalue weighted by molar-refractivity contribution is 7.79. The van der Waals surface area contributed by atoms with Crippen LogP contribution in [0.15, 0.2) is 66.3 Å². The highest BCUT2D eigenvalue weighted by Gasteiger charge is 2.56. The van der Waals surface area contributed by atoms with Crippen LogP contribution >= 0.6 is 12.2 Å².